The van der Waals surface area contributed by atoms with Crippen LogP contribution in [0.25, 0.3) is 11.1 Å². The minimum atomic E-state index is -0.399. The van der Waals surface area contributed by atoms with E-state index in [9.17, 15) is 14.4 Å². The number of hydrogen-bond acceptors (Lipinski definition) is 4. The van der Waals surface area contributed by atoms with Gasteiger partial charge in [-0.3, -0.25) is 14.2 Å². The van der Waals surface area contributed by atoms with Crippen LogP contribution in [0, 0.1) is 5.92 Å². The molecule has 1 aliphatic rings. The molecular formula is C24H27N3O4. The van der Waals surface area contributed by atoms with Gasteiger partial charge >= 0.3 is 5.76 Å². The van der Waals surface area contributed by atoms with Crippen LogP contribution in [0.3, 0.4) is 0 Å². The molecule has 1 fully saturated rings. The summed E-state index contributed by atoms with van der Waals surface area (Å²) in [6, 6.07) is 14.5. The summed E-state index contributed by atoms with van der Waals surface area (Å²) in [5, 5.41) is 6.01. The molecule has 0 aliphatic heterocycles. The van der Waals surface area contributed by atoms with Gasteiger partial charge in [0, 0.05) is 35.3 Å². The molecule has 0 unspecified atom stereocenters. The Morgan fingerprint density at radius 2 is 1.74 bits per heavy atom. The molecule has 0 bridgehead atoms. The number of nitrogens with zero attached hydrogens (tertiary/aromatic N) is 1. The maximum absolute atomic E-state index is 12.7. The van der Waals surface area contributed by atoms with Crippen LogP contribution in [0.4, 0.5) is 5.69 Å². The summed E-state index contributed by atoms with van der Waals surface area (Å²) in [6.45, 7) is 3.84. The molecule has 1 heterocycles. The summed E-state index contributed by atoms with van der Waals surface area (Å²) < 4.78 is 6.92. The standard InChI is InChI=1S/C24H27N3O4/c1-15(2)27-20-13-12-19(14-21(20)31-24(27)30)26-23(29)17-8-10-18(11-9-17)25-22(28)16-6-4-3-5-7-16/h3-7,12-15,17-18H,8-11H2,1-2H3,(H,25,28)(H,26,29). The molecule has 2 amide bonds. The highest BCUT2D eigenvalue weighted by atomic mass is 16.4. The largest absolute Gasteiger partial charge is 0.420 e. The highest BCUT2D eigenvalue weighted by Crippen LogP contribution is 2.27. The summed E-state index contributed by atoms with van der Waals surface area (Å²) in [7, 11) is 0. The lowest BCUT2D eigenvalue weighted by atomic mass is 9.85. The Morgan fingerprint density at radius 1 is 1.03 bits per heavy atom. The minimum absolute atomic E-state index is 0.00763. The molecular weight excluding hydrogens is 394 g/mol. The molecule has 2 aromatic carbocycles. The van der Waals surface area contributed by atoms with Crippen LogP contribution in [0.5, 0.6) is 0 Å². The topological polar surface area (TPSA) is 93.3 Å². The van der Waals surface area contributed by atoms with E-state index in [0.29, 0.717) is 35.2 Å². The molecule has 0 atom stereocenters. The lowest BCUT2D eigenvalue weighted by Crippen LogP contribution is -2.39. The third kappa shape index (κ3) is 4.55. The van der Waals surface area contributed by atoms with Gasteiger partial charge in [-0.2, -0.15) is 0 Å². The van der Waals surface area contributed by atoms with Crippen LogP contribution in [-0.2, 0) is 4.79 Å². The van der Waals surface area contributed by atoms with Gasteiger partial charge < -0.3 is 15.1 Å². The van der Waals surface area contributed by atoms with Gasteiger partial charge in [-0.25, -0.2) is 4.79 Å². The zero-order valence-electron chi connectivity index (χ0n) is 17.8. The van der Waals surface area contributed by atoms with Crippen molar-refractivity contribution in [2.45, 2.75) is 51.6 Å². The second-order valence-electron chi connectivity index (χ2n) is 8.39. The number of anilines is 1. The predicted molar refractivity (Wildman–Crippen MR) is 119 cm³/mol. The number of amides is 2. The van der Waals surface area contributed by atoms with Gasteiger partial charge in [0.15, 0.2) is 5.58 Å². The second-order valence-corrected chi connectivity index (χ2v) is 8.39. The van der Waals surface area contributed by atoms with Crippen LogP contribution in [0.2, 0.25) is 0 Å². The molecule has 7 nitrogen and oxygen atoms in total. The van der Waals surface area contributed by atoms with Crippen molar-refractivity contribution in [2.75, 3.05) is 5.32 Å². The molecule has 7 heteroatoms. The molecule has 162 valence electrons. The molecule has 2 N–H and O–H groups in total. The Kier molecular flexibility index (Phi) is 5.93. The summed E-state index contributed by atoms with van der Waals surface area (Å²) in [5.41, 5.74) is 2.44. The SMILES string of the molecule is CC(C)n1c(=O)oc2cc(NC(=O)C3CCC(NC(=O)c4ccccc4)CC3)ccc21. The maximum atomic E-state index is 12.7. The number of carbonyl (C=O) groups excluding carboxylic acids is 2. The Hall–Kier alpha value is -3.35. The van der Waals surface area contributed by atoms with E-state index in [1.165, 1.54) is 0 Å². The maximum Gasteiger partial charge on any atom is 0.420 e. The van der Waals surface area contributed by atoms with Crippen molar-refractivity contribution < 1.29 is 14.0 Å². The quantitative estimate of drug-likeness (QED) is 0.649. The Balaban J connectivity index is 1.34. The van der Waals surface area contributed by atoms with Gasteiger partial charge in [-0.1, -0.05) is 18.2 Å². The first-order valence-corrected chi connectivity index (χ1v) is 10.7. The Labute approximate surface area is 180 Å². The van der Waals surface area contributed by atoms with Gasteiger partial charge in [-0.05, 0) is 63.8 Å². The van der Waals surface area contributed by atoms with Crippen molar-refractivity contribution in [3.8, 4) is 0 Å². The minimum Gasteiger partial charge on any atom is -0.408 e. The van der Waals surface area contributed by atoms with E-state index in [-0.39, 0.29) is 29.8 Å². The number of benzene rings is 2. The summed E-state index contributed by atoms with van der Waals surface area (Å²) in [5.74, 6) is -0.619. The summed E-state index contributed by atoms with van der Waals surface area (Å²) in [4.78, 5) is 37.1. The van der Waals surface area contributed by atoms with Crippen molar-refractivity contribution >= 4 is 28.6 Å². The first-order chi connectivity index (χ1) is 14.9. The third-order valence-corrected chi connectivity index (χ3v) is 5.87. The van der Waals surface area contributed by atoms with Crippen molar-refractivity contribution in [3.63, 3.8) is 0 Å². The van der Waals surface area contributed by atoms with Crippen molar-refractivity contribution in [1.29, 1.82) is 0 Å². The molecule has 0 spiro atoms. The average molecular weight is 421 g/mol. The lowest BCUT2D eigenvalue weighted by molar-refractivity contribution is -0.120. The summed E-state index contributed by atoms with van der Waals surface area (Å²) >= 11 is 0. The van der Waals surface area contributed by atoms with E-state index in [1.54, 1.807) is 34.9 Å². The predicted octanol–water partition coefficient (Wildman–Crippen LogP) is 4.10. The zero-order chi connectivity index (χ0) is 22.0. The lowest BCUT2D eigenvalue weighted by Gasteiger charge is -2.28. The Bertz CT molecular complexity index is 1140. The molecule has 1 saturated carbocycles. The van der Waals surface area contributed by atoms with Crippen molar-refractivity contribution in [1.82, 2.24) is 9.88 Å². The fourth-order valence-corrected chi connectivity index (χ4v) is 4.21. The monoisotopic (exact) mass is 421 g/mol. The van der Waals surface area contributed by atoms with Gasteiger partial charge in [0.25, 0.3) is 5.91 Å². The second kappa shape index (κ2) is 8.79. The smallest absolute Gasteiger partial charge is 0.408 e. The normalized spacial score (nSPS) is 18.8. The van der Waals surface area contributed by atoms with E-state index >= 15 is 0 Å². The van der Waals surface area contributed by atoms with Gasteiger partial charge in [0.1, 0.15) is 0 Å². The number of oxazole rings is 1. The van der Waals surface area contributed by atoms with E-state index in [2.05, 4.69) is 10.6 Å². The van der Waals surface area contributed by atoms with Crippen LogP contribution in [0.1, 0.15) is 55.9 Å². The van der Waals surface area contributed by atoms with Gasteiger partial charge in [0.05, 0.1) is 5.52 Å². The van der Waals surface area contributed by atoms with Crippen LogP contribution in [-0.4, -0.2) is 22.4 Å². The zero-order valence-corrected chi connectivity index (χ0v) is 17.8. The third-order valence-electron chi connectivity index (χ3n) is 5.87. The highest BCUT2D eigenvalue weighted by molar-refractivity contribution is 5.95. The van der Waals surface area contributed by atoms with E-state index in [1.807, 2.05) is 32.0 Å². The number of fused-ring (bicyclic) bond motifs is 1. The van der Waals surface area contributed by atoms with Crippen LogP contribution < -0.4 is 16.4 Å². The number of aromatic nitrogens is 1. The summed E-state index contributed by atoms with van der Waals surface area (Å²) in [6.07, 6.45) is 2.96. The molecule has 31 heavy (non-hydrogen) atoms. The van der Waals surface area contributed by atoms with Gasteiger partial charge in [0.2, 0.25) is 5.91 Å². The molecule has 1 aliphatic carbocycles. The highest BCUT2D eigenvalue weighted by Gasteiger charge is 2.27. The number of hydrogen-bond donors (Lipinski definition) is 2. The number of nitrogens with one attached hydrogen (secondary N) is 2. The molecule has 0 saturated heterocycles. The van der Waals surface area contributed by atoms with Gasteiger partial charge in [-0.15, -0.1) is 0 Å². The van der Waals surface area contributed by atoms with Crippen LogP contribution in [0.15, 0.2) is 57.7 Å². The fourth-order valence-electron chi connectivity index (χ4n) is 4.21. The number of rotatable bonds is 5. The van der Waals surface area contributed by atoms with Crippen molar-refractivity contribution in [3.05, 3.63) is 64.6 Å². The molecule has 4 rings (SSSR count). The fraction of sp³-hybridized carbons (Fsp3) is 0.375. The molecule has 3 aromatic rings. The molecule has 0 radical (unpaired) electrons. The first kappa shape index (κ1) is 20.9. The van der Waals surface area contributed by atoms with E-state index in [0.717, 1.165) is 12.8 Å². The van der Waals surface area contributed by atoms with Crippen molar-refractivity contribution in [2.24, 2.45) is 5.92 Å². The van der Waals surface area contributed by atoms with E-state index < -0.39 is 5.76 Å². The first-order valence-electron chi connectivity index (χ1n) is 10.7. The molecule has 1 aromatic heterocycles. The Morgan fingerprint density at radius 3 is 2.42 bits per heavy atom. The van der Waals surface area contributed by atoms with Crippen LogP contribution >= 0.6 is 0 Å². The average Bonchev–Trinajstić information content (AvgIpc) is 3.10. The number of carbonyl (C=O) groups is 2. The van der Waals surface area contributed by atoms with E-state index in [4.69, 9.17) is 4.42 Å².